The van der Waals surface area contributed by atoms with Crippen LogP contribution >= 0.6 is 0 Å². The van der Waals surface area contributed by atoms with Crippen molar-refractivity contribution in [3.63, 3.8) is 0 Å². The molecule has 5 heteroatoms. The lowest BCUT2D eigenvalue weighted by atomic mass is 10.2. The minimum atomic E-state index is 0.404. The maximum Gasteiger partial charge on any atom is 0.183 e. The molecule has 0 aliphatic carbocycles. The fourth-order valence-electron chi connectivity index (χ4n) is 2.61. The van der Waals surface area contributed by atoms with Crippen LogP contribution in [0.25, 0.3) is 0 Å². The van der Waals surface area contributed by atoms with Crippen LogP contribution in [0.3, 0.4) is 0 Å². The highest BCUT2D eigenvalue weighted by Gasteiger charge is 2.25. The topological polar surface area (TPSA) is 56.1 Å². The number of nitrogens with zero attached hydrogens (tertiary/aromatic N) is 5. The molecule has 2 heterocycles. The van der Waals surface area contributed by atoms with Gasteiger partial charge in [-0.2, -0.15) is 5.26 Å². The molecule has 1 aliphatic heterocycles. The summed E-state index contributed by atoms with van der Waals surface area (Å²) in [6.45, 7) is 5.37. The van der Waals surface area contributed by atoms with E-state index in [2.05, 4.69) is 27.9 Å². The lowest BCUT2D eigenvalue weighted by molar-refractivity contribution is 0.270. The predicted molar refractivity (Wildman–Crippen MR) is 70.3 cm³/mol. The molecule has 18 heavy (non-hydrogen) atoms. The van der Waals surface area contributed by atoms with Crippen LogP contribution in [0.2, 0.25) is 0 Å². The van der Waals surface area contributed by atoms with Gasteiger partial charge in [0.05, 0.1) is 0 Å². The Hall–Kier alpha value is -1.67. The molecule has 1 unspecified atom stereocenters. The SMILES string of the molecule is CCN1CCCC1CN(C)c1nccnc1C#N. The smallest absolute Gasteiger partial charge is 0.183 e. The fourth-order valence-corrected chi connectivity index (χ4v) is 2.61. The van der Waals surface area contributed by atoms with Crippen molar-refractivity contribution in [1.29, 1.82) is 5.26 Å². The Morgan fingerprint density at radius 1 is 1.50 bits per heavy atom. The number of likely N-dealkylation sites (N-methyl/N-ethyl adjacent to an activating group) is 2. The molecule has 0 bridgehead atoms. The Morgan fingerprint density at radius 2 is 2.28 bits per heavy atom. The number of anilines is 1. The zero-order valence-corrected chi connectivity index (χ0v) is 11.0. The average molecular weight is 245 g/mol. The number of rotatable bonds is 4. The predicted octanol–water partition coefficient (Wildman–Crippen LogP) is 1.27. The second kappa shape index (κ2) is 5.78. The summed E-state index contributed by atoms with van der Waals surface area (Å²) in [5.74, 6) is 0.683. The van der Waals surface area contributed by atoms with Crippen molar-refractivity contribution < 1.29 is 0 Å². The van der Waals surface area contributed by atoms with Crippen molar-refractivity contribution in [2.75, 3.05) is 31.6 Å². The number of likely N-dealkylation sites (tertiary alicyclic amines) is 1. The largest absolute Gasteiger partial charge is 0.356 e. The molecule has 0 radical (unpaired) electrons. The molecule has 1 aromatic rings. The van der Waals surface area contributed by atoms with Gasteiger partial charge in [0.2, 0.25) is 0 Å². The normalized spacial score (nSPS) is 19.7. The minimum absolute atomic E-state index is 0.404. The molecule has 96 valence electrons. The summed E-state index contributed by atoms with van der Waals surface area (Å²) in [7, 11) is 1.98. The van der Waals surface area contributed by atoms with Crippen LogP contribution in [0.15, 0.2) is 12.4 Å². The zero-order valence-electron chi connectivity index (χ0n) is 11.0. The van der Waals surface area contributed by atoms with Crippen molar-refractivity contribution in [2.45, 2.75) is 25.8 Å². The van der Waals surface area contributed by atoms with Gasteiger partial charge in [0.15, 0.2) is 11.5 Å². The summed E-state index contributed by atoms with van der Waals surface area (Å²) < 4.78 is 0. The lowest BCUT2D eigenvalue weighted by Gasteiger charge is -2.28. The van der Waals surface area contributed by atoms with E-state index in [0.29, 0.717) is 17.6 Å². The lowest BCUT2D eigenvalue weighted by Crippen LogP contribution is -2.39. The summed E-state index contributed by atoms with van der Waals surface area (Å²) in [5.41, 5.74) is 0.404. The molecule has 0 N–H and O–H groups in total. The third-order valence-corrected chi connectivity index (χ3v) is 3.54. The highest BCUT2D eigenvalue weighted by Crippen LogP contribution is 2.20. The van der Waals surface area contributed by atoms with Crippen molar-refractivity contribution in [1.82, 2.24) is 14.9 Å². The molecule has 1 saturated heterocycles. The molecule has 5 nitrogen and oxygen atoms in total. The van der Waals surface area contributed by atoms with Gasteiger partial charge in [-0.15, -0.1) is 0 Å². The van der Waals surface area contributed by atoms with Crippen molar-refractivity contribution >= 4 is 5.82 Å². The summed E-state index contributed by atoms with van der Waals surface area (Å²) in [6, 6.07) is 2.66. The van der Waals surface area contributed by atoms with Crippen LogP contribution in [-0.2, 0) is 0 Å². The number of hydrogen-bond acceptors (Lipinski definition) is 5. The first-order valence-electron chi connectivity index (χ1n) is 6.42. The third kappa shape index (κ3) is 2.59. The van der Waals surface area contributed by atoms with Gasteiger partial charge in [0.25, 0.3) is 0 Å². The highest BCUT2D eigenvalue weighted by atomic mass is 15.2. The van der Waals surface area contributed by atoms with Gasteiger partial charge in [-0.3, -0.25) is 4.90 Å². The maximum absolute atomic E-state index is 9.04. The van der Waals surface area contributed by atoms with E-state index >= 15 is 0 Å². The number of hydrogen-bond donors (Lipinski definition) is 0. The Kier molecular flexibility index (Phi) is 4.11. The van der Waals surface area contributed by atoms with Gasteiger partial charge in [0, 0.05) is 32.0 Å². The van der Waals surface area contributed by atoms with Crippen LogP contribution in [0.5, 0.6) is 0 Å². The number of aromatic nitrogens is 2. The fraction of sp³-hybridized carbons (Fsp3) is 0.615. The Morgan fingerprint density at radius 3 is 3.00 bits per heavy atom. The van der Waals surface area contributed by atoms with E-state index in [1.807, 2.05) is 11.9 Å². The van der Waals surface area contributed by atoms with E-state index in [-0.39, 0.29) is 0 Å². The first kappa shape index (κ1) is 12.8. The first-order valence-corrected chi connectivity index (χ1v) is 6.42. The van der Waals surface area contributed by atoms with Gasteiger partial charge in [0.1, 0.15) is 6.07 Å². The molecule has 1 fully saturated rings. The monoisotopic (exact) mass is 245 g/mol. The molecular weight excluding hydrogens is 226 g/mol. The highest BCUT2D eigenvalue weighted by molar-refractivity contribution is 5.48. The van der Waals surface area contributed by atoms with Crippen LogP contribution in [0.4, 0.5) is 5.82 Å². The molecule has 1 atom stereocenters. The van der Waals surface area contributed by atoms with Gasteiger partial charge in [-0.1, -0.05) is 6.92 Å². The molecular formula is C13H19N5. The molecule has 0 aromatic carbocycles. The van der Waals surface area contributed by atoms with E-state index < -0.39 is 0 Å². The molecule has 0 spiro atoms. The summed E-state index contributed by atoms with van der Waals surface area (Å²) in [6.07, 6.45) is 5.68. The van der Waals surface area contributed by atoms with Gasteiger partial charge in [-0.05, 0) is 25.9 Å². The standard InChI is InChI=1S/C13H19N5/c1-3-18-8-4-5-11(18)10-17(2)13-12(9-14)15-6-7-16-13/h6-7,11H,3-5,8,10H2,1-2H3. The van der Waals surface area contributed by atoms with E-state index in [1.54, 1.807) is 12.4 Å². The van der Waals surface area contributed by atoms with E-state index in [1.165, 1.54) is 19.4 Å². The average Bonchev–Trinajstić information content (AvgIpc) is 2.85. The second-order valence-electron chi connectivity index (χ2n) is 4.65. The third-order valence-electron chi connectivity index (χ3n) is 3.54. The Bertz CT molecular complexity index is 439. The summed E-state index contributed by atoms with van der Waals surface area (Å²) in [5, 5.41) is 9.04. The quantitative estimate of drug-likeness (QED) is 0.799. The molecule has 0 saturated carbocycles. The van der Waals surface area contributed by atoms with Gasteiger partial charge < -0.3 is 4.90 Å². The first-order chi connectivity index (χ1) is 8.76. The van der Waals surface area contributed by atoms with Crippen LogP contribution in [-0.4, -0.2) is 47.6 Å². The van der Waals surface area contributed by atoms with Crippen molar-refractivity contribution in [3.8, 4) is 6.07 Å². The van der Waals surface area contributed by atoms with E-state index in [0.717, 1.165) is 13.1 Å². The van der Waals surface area contributed by atoms with Crippen LogP contribution in [0.1, 0.15) is 25.5 Å². The zero-order chi connectivity index (χ0) is 13.0. The summed E-state index contributed by atoms with van der Waals surface area (Å²) in [4.78, 5) is 12.8. The molecule has 1 aromatic heterocycles. The molecule has 0 amide bonds. The number of nitriles is 1. The second-order valence-corrected chi connectivity index (χ2v) is 4.65. The molecule has 1 aliphatic rings. The summed E-state index contributed by atoms with van der Waals surface area (Å²) >= 11 is 0. The Labute approximate surface area is 108 Å². The van der Waals surface area contributed by atoms with Crippen LogP contribution in [0, 0.1) is 11.3 Å². The maximum atomic E-state index is 9.04. The van der Waals surface area contributed by atoms with Crippen LogP contribution < -0.4 is 4.90 Å². The van der Waals surface area contributed by atoms with Crippen molar-refractivity contribution in [3.05, 3.63) is 18.1 Å². The van der Waals surface area contributed by atoms with E-state index in [9.17, 15) is 0 Å². The van der Waals surface area contributed by atoms with Gasteiger partial charge in [-0.25, -0.2) is 9.97 Å². The van der Waals surface area contributed by atoms with Gasteiger partial charge >= 0.3 is 0 Å². The Balaban J connectivity index is 2.08. The van der Waals surface area contributed by atoms with E-state index in [4.69, 9.17) is 5.26 Å². The van der Waals surface area contributed by atoms with Crippen molar-refractivity contribution in [2.24, 2.45) is 0 Å². The molecule has 2 rings (SSSR count). The minimum Gasteiger partial charge on any atom is -0.356 e.